The van der Waals surface area contributed by atoms with E-state index in [-0.39, 0.29) is 12.0 Å². The van der Waals surface area contributed by atoms with Crippen LogP contribution in [0.5, 0.6) is 0 Å². The summed E-state index contributed by atoms with van der Waals surface area (Å²) < 4.78 is 26.4. The van der Waals surface area contributed by atoms with Crippen LogP contribution < -0.4 is 5.32 Å². The summed E-state index contributed by atoms with van der Waals surface area (Å²) in [4.78, 5) is 0. The Labute approximate surface area is 111 Å². The molecule has 2 aromatic carbocycles. The van der Waals surface area contributed by atoms with Crippen LogP contribution in [0.3, 0.4) is 0 Å². The molecular weight excluding hydrogens is 244 g/mol. The van der Waals surface area contributed by atoms with Crippen molar-refractivity contribution in [1.82, 2.24) is 5.32 Å². The average Bonchev–Trinajstić information content (AvgIpc) is 2.81. The summed E-state index contributed by atoms with van der Waals surface area (Å²) in [5, 5.41) is 3.28. The summed E-state index contributed by atoms with van der Waals surface area (Å²) in [7, 11) is 1.93. The molecule has 1 N–H and O–H groups in total. The zero-order chi connectivity index (χ0) is 13.4. The summed E-state index contributed by atoms with van der Waals surface area (Å²) >= 11 is 0. The Hall–Kier alpha value is -1.74. The second kappa shape index (κ2) is 4.74. The highest BCUT2D eigenvalue weighted by Crippen LogP contribution is 2.43. The maximum Gasteiger partial charge on any atom is 0.159 e. The second-order valence-corrected chi connectivity index (χ2v) is 4.93. The molecule has 1 aliphatic rings. The average molecular weight is 259 g/mol. The van der Waals surface area contributed by atoms with E-state index in [0.717, 1.165) is 12.0 Å². The number of rotatable bonds is 2. The van der Waals surface area contributed by atoms with Crippen LogP contribution >= 0.6 is 0 Å². The number of hydrogen-bond donors (Lipinski definition) is 1. The van der Waals surface area contributed by atoms with Gasteiger partial charge < -0.3 is 5.32 Å². The molecule has 3 rings (SSSR count). The van der Waals surface area contributed by atoms with Crippen LogP contribution in [0.15, 0.2) is 42.5 Å². The smallest absolute Gasteiger partial charge is 0.159 e. The van der Waals surface area contributed by atoms with Crippen molar-refractivity contribution < 1.29 is 8.78 Å². The van der Waals surface area contributed by atoms with Gasteiger partial charge in [0, 0.05) is 12.0 Å². The van der Waals surface area contributed by atoms with Crippen LogP contribution in [-0.2, 0) is 0 Å². The molecule has 1 aliphatic carbocycles. The monoisotopic (exact) mass is 259 g/mol. The van der Waals surface area contributed by atoms with Gasteiger partial charge in [0.25, 0.3) is 0 Å². The molecule has 1 nitrogen and oxygen atoms in total. The van der Waals surface area contributed by atoms with Crippen LogP contribution in [0, 0.1) is 11.6 Å². The highest BCUT2D eigenvalue weighted by molar-refractivity contribution is 5.44. The first kappa shape index (κ1) is 12.3. The van der Waals surface area contributed by atoms with Crippen molar-refractivity contribution in [1.29, 1.82) is 0 Å². The normalized spacial score (nSPS) is 21.4. The molecule has 0 unspecified atom stereocenters. The van der Waals surface area contributed by atoms with E-state index in [4.69, 9.17) is 0 Å². The highest BCUT2D eigenvalue weighted by Gasteiger charge is 2.30. The standard InChI is InChI=1S/C16H15F2N/c1-19-16-9-13(11-4-2-3-5-12(11)16)10-6-7-14(17)15(18)8-10/h2-8,13,16,19H,9H2,1H3/t13-,16-/m1/s1. The lowest BCUT2D eigenvalue weighted by molar-refractivity contribution is 0.504. The Kier molecular flexibility index (Phi) is 3.07. The molecule has 0 aliphatic heterocycles. The highest BCUT2D eigenvalue weighted by atomic mass is 19.2. The molecule has 3 heteroatoms. The maximum atomic E-state index is 13.4. The van der Waals surface area contributed by atoms with Crippen LogP contribution in [-0.4, -0.2) is 7.05 Å². The topological polar surface area (TPSA) is 12.0 Å². The Balaban J connectivity index is 2.05. The van der Waals surface area contributed by atoms with Gasteiger partial charge in [-0.2, -0.15) is 0 Å². The first-order valence-electron chi connectivity index (χ1n) is 6.41. The van der Waals surface area contributed by atoms with Crippen molar-refractivity contribution in [2.45, 2.75) is 18.4 Å². The van der Waals surface area contributed by atoms with E-state index in [1.54, 1.807) is 6.07 Å². The van der Waals surface area contributed by atoms with E-state index >= 15 is 0 Å². The molecule has 98 valence electrons. The fraction of sp³-hybridized carbons (Fsp3) is 0.250. The zero-order valence-electron chi connectivity index (χ0n) is 10.7. The molecule has 0 amide bonds. The van der Waals surface area contributed by atoms with E-state index in [1.165, 1.54) is 23.3 Å². The van der Waals surface area contributed by atoms with Gasteiger partial charge >= 0.3 is 0 Å². The molecule has 2 atom stereocenters. The van der Waals surface area contributed by atoms with Crippen LogP contribution in [0.25, 0.3) is 0 Å². The van der Waals surface area contributed by atoms with Gasteiger partial charge in [-0.25, -0.2) is 8.78 Å². The minimum Gasteiger partial charge on any atom is -0.313 e. The predicted octanol–water partition coefficient (Wildman–Crippen LogP) is 3.76. The van der Waals surface area contributed by atoms with Gasteiger partial charge in [-0.1, -0.05) is 30.3 Å². The van der Waals surface area contributed by atoms with Gasteiger partial charge in [-0.15, -0.1) is 0 Å². The molecule has 2 aromatic rings. The van der Waals surface area contributed by atoms with Crippen LogP contribution in [0.4, 0.5) is 8.78 Å². The van der Waals surface area contributed by atoms with Gasteiger partial charge in [-0.05, 0) is 42.3 Å². The lowest BCUT2D eigenvalue weighted by Gasteiger charge is -2.12. The molecule has 0 fully saturated rings. The number of hydrogen-bond acceptors (Lipinski definition) is 1. The van der Waals surface area contributed by atoms with Crippen molar-refractivity contribution in [3.63, 3.8) is 0 Å². The maximum absolute atomic E-state index is 13.4. The van der Waals surface area contributed by atoms with Crippen molar-refractivity contribution in [2.24, 2.45) is 0 Å². The van der Waals surface area contributed by atoms with Crippen LogP contribution in [0.2, 0.25) is 0 Å². The third kappa shape index (κ3) is 2.04. The molecule has 0 bridgehead atoms. The number of nitrogens with one attached hydrogen (secondary N) is 1. The minimum atomic E-state index is -0.791. The Morgan fingerprint density at radius 1 is 1.00 bits per heavy atom. The van der Waals surface area contributed by atoms with E-state index in [1.807, 2.05) is 19.2 Å². The van der Waals surface area contributed by atoms with Crippen molar-refractivity contribution >= 4 is 0 Å². The van der Waals surface area contributed by atoms with Crippen LogP contribution in [0.1, 0.15) is 35.1 Å². The van der Waals surface area contributed by atoms with Crippen molar-refractivity contribution in [3.05, 3.63) is 70.8 Å². The quantitative estimate of drug-likeness (QED) is 0.866. The van der Waals surface area contributed by atoms with Gasteiger partial charge in [-0.3, -0.25) is 0 Å². The Morgan fingerprint density at radius 3 is 2.42 bits per heavy atom. The second-order valence-electron chi connectivity index (χ2n) is 4.93. The Bertz CT molecular complexity index is 609. The lowest BCUT2D eigenvalue weighted by atomic mass is 9.93. The van der Waals surface area contributed by atoms with E-state index in [0.29, 0.717) is 0 Å². The molecule has 0 saturated carbocycles. The van der Waals surface area contributed by atoms with Gasteiger partial charge in [0.05, 0.1) is 0 Å². The van der Waals surface area contributed by atoms with Crippen molar-refractivity contribution in [2.75, 3.05) is 7.05 Å². The largest absolute Gasteiger partial charge is 0.313 e. The number of halogens is 2. The number of fused-ring (bicyclic) bond motifs is 1. The summed E-state index contributed by atoms with van der Waals surface area (Å²) in [6.45, 7) is 0. The predicted molar refractivity (Wildman–Crippen MR) is 71.1 cm³/mol. The third-order valence-corrected chi connectivity index (χ3v) is 3.91. The molecule has 0 radical (unpaired) electrons. The van der Waals surface area contributed by atoms with Gasteiger partial charge in [0.1, 0.15) is 0 Å². The first-order chi connectivity index (χ1) is 9.20. The number of benzene rings is 2. The third-order valence-electron chi connectivity index (χ3n) is 3.91. The minimum absolute atomic E-state index is 0.128. The SMILES string of the molecule is CN[C@@H]1C[C@H](c2ccc(F)c(F)c2)c2ccccc21. The lowest BCUT2D eigenvalue weighted by Crippen LogP contribution is -2.13. The van der Waals surface area contributed by atoms with E-state index < -0.39 is 11.6 Å². The molecule has 0 aromatic heterocycles. The van der Waals surface area contributed by atoms with Crippen molar-refractivity contribution in [3.8, 4) is 0 Å². The Morgan fingerprint density at radius 2 is 1.74 bits per heavy atom. The zero-order valence-corrected chi connectivity index (χ0v) is 10.7. The first-order valence-corrected chi connectivity index (χ1v) is 6.41. The molecule has 0 saturated heterocycles. The van der Waals surface area contributed by atoms with Gasteiger partial charge in [0.15, 0.2) is 11.6 Å². The van der Waals surface area contributed by atoms with E-state index in [2.05, 4.69) is 17.4 Å². The van der Waals surface area contributed by atoms with Gasteiger partial charge in [0.2, 0.25) is 0 Å². The summed E-state index contributed by atoms with van der Waals surface area (Å²) in [5.41, 5.74) is 3.29. The molecule has 19 heavy (non-hydrogen) atoms. The summed E-state index contributed by atoms with van der Waals surface area (Å²) in [5.74, 6) is -1.44. The molecular formula is C16H15F2N. The molecule has 0 spiro atoms. The van der Waals surface area contributed by atoms with E-state index in [9.17, 15) is 8.78 Å². The summed E-state index contributed by atoms with van der Waals surface area (Å²) in [6.07, 6.45) is 0.876. The fourth-order valence-electron chi connectivity index (χ4n) is 2.95. The molecule has 0 heterocycles. The fourth-order valence-corrected chi connectivity index (χ4v) is 2.95. The summed E-state index contributed by atoms with van der Waals surface area (Å²) in [6, 6.07) is 12.6.